The highest BCUT2D eigenvalue weighted by Gasteiger charge is 2.36. The third kappa shape index (κ3) is 3.31. The van der Waals surface area contributed by atoms with Gasteiger partial charge in [-0.1, -0.05) is 19.1 Å². The highest BCUT2D eigenvalue weighted by Crippen LogP contribution is 2.28. The lowest BCUT2D eigenvalue weighted by Gasteiger charge is -2.36. The van der Waals surface area contributed by atoms with E-state index in [-0.39, 0.29) is 29.9 Å². The van der Waals surface area contributed by atoms with Gasteiger partial charge in [-0.25, -0.2) is 12.8 Å². The van der Waals surface area contributed by atoms with Crippen molar-refractivity contribution in [3.05, 3.63) is 30.1 Å². The second kappa shape index (κ2) is 6.85. The fourth-order valence-corrected chi connectivity index (χ4v) is 4.27. The maximum absolute atomic E-state index is 13.7. The van der Waals surface area contributed by atoms with Crippen molar-refractivity contribution in [1.29, 1.82) is 0 Å². The van der Waals surface area contributed by atoms with Gasteiger partial charge in [0.2, 0.25) is 10.0 Å². The molecule has 1 aliphatic heterocycles. The fourth-order valence-electron chi connectivity index (χ4n) is 2.54. The molecule has 0 radical (unpaired) electrons. The molecule has 0 aromatic heterocycles. The van der Waals surface area contributed by atoms with Crippen LogP contribution in [-0.4, -0.2) is 31.9 Å². The number of hydrogen-bond donors (Lipinski definition) is 1. The number of nitrogens with two attached hydrogens (primary N) is 1. The van der Waals surface area contributed by atoms with Crippen molar-refractivity contribution < 1.29 is 12.8 Å². The number of hydrogen-bond acceptors (Lipinski definition) is 3. The molecule has 0 aliphatic carbocycles. The van der Waals surface area contributed by atoms with Crippen molar-refractivity contribution in [3.8, 4) is 0 Å². The Labute approximate surface area is 125 Å². The number of halogens is 2. The molecule has 0 saturated carbocycles. The lowest BCUT2D eigenvalue weighted by Crippen LogP contribution is -2.49. The molecule has 2 rings (SSSR count). The summed E-state index contributed by atoms with van der Waals surface area (Å²) in [5.41, 5.74) is 5.67. The third-order valence-corrected chi connectivity index (χ3v) is 5.60. The maximum atomic E-state index is 13.7. The summed E-state index contributed by atoms with van der Waals surface area (Å²) < 4.78 is 40.1. The molecule has 1 aromatic rings. The zero-order valence-corrected chi connectivity index (χ0v) is 13.0. The van der Waals surface area contributed by atoms with Gasteiger partial charge in [0.05, 0.1) is 0 Å². The average molecular weight is 323 g/mol. The number of piperidine rings is 1. The van der Waals surface area contributed by atoms with E-state index < -0.39 is 15.8 Å². The second-order valence-electron chi connectivity index (χ2n) is 5.07. The van der Waals surface area contributed by atoms with E-state index in [1.165, 1.54) is 22.5 Å². The van der Waals surface area contributed by atoms with Gasteiger partial charge in [-0.3, -0.25) is 0 Å². The summed E-state index contributed by atoms with van der Waals surface area (Å²) >= 11 is 0. The minimum Gasteiger partial charge on any atom is -0.329 e. The maximum Gasteiger partial charge on any atom is 0.246 e. The molecule has 1 fully saturated rings. The van der Waals surface area contributed by atoms with E-state index in [0.717, 1.165) is 18.9 Å². The van der Waals surface area contributed by atoms with Crippen molar-refractivity contribution in [2.45, 2.75) is 30.7 Å². The minimum atomic E-state index is -3.80. The Hall–Kier alpha value is -0.690. The number of rotatable bonds is 3. The summed E-state index contributed by atoms with van der Waals surface area (Å²) in [6, 6.07) is 5.23. The van der Waals surface area contributed by atoms with Gasteiger partial charge in [-0.2, -0.15) is 4.31 Å². The molecule has 0 amide bonds. The van der Waals surface area contributed by atoms with Crippen LogP contribution >= 0.6 is 12.4 Å². The van der Waals surface area contributed by atoms with E-state index in [4.69, 9.17) is 5.73 Å². The molecule has 2 N–H and O–H groups in total. The van der Waals surface area contributed by atoms with Crippen molar-refractivity contribution in [3.63, 3.8) is 0 Å². The minimum absolute atomic E-state index is 0. The monoisotopic (exact) mass is 322 g/mol. The molecule has 2 atom stereocenters. The molecule has 7 heteroatoms. The molecule has 20 heavy (non-hydrogen) atoms. The molecule has 4 nitrogen and oxygen atoms in total. The van der Waals surface area contributed by atoms with E-state index >= 15 is 0 Å². The fraction of sp³-hybridized carbons (Fsp3) is 0.538. The van der Waals surface area contributed by atoms with Gasteiger partial charge in [0.1, 0.15) is 10.7 Å². The van der Waals surface area contributed by atoms with Gasteiger partial charge in [0.25, 0.3) is 0 Å². The van der Waals surface area contributed by atoms with Crippen molar-refractivity contribution in [2.75, 3.05) is 13.1 Å². The van der Waals surface area contributed by atoms with Crippen LogP contribution in [0.4, 0.5) is 4.39 Å². The summed E-state index contributed by atoms with van der Waals surface area (Å²) in [6.45, 7) is 2.74. The number of benzene rings is 1. The summed E-state index contributed by atoms with van der Waals surface area (Å²) in [4.78, 5) is -0.261. The van der Waals surface area contributed by atoms with E-state index in [2.05, 4.69) is 6.92 Å². The molecule has 114 valence electrons. The predicted octanol–water partition coefficient (Wildman–Crippen LogP) is 2.00. The Balaban J connectivity index is 0.00000200. The predicted molar refractivity (Wildman–Crippen MR) is 78.8 cm³/mol. The average Bonchev–Trinajstić information content (AvgIpc) is 2.38. The Morgan fingerprint density at radius 2 is 2.05 bits per heavy atom. The molecule has 0 spiro atoms. The first-order chi connectivity index (χ1) is 8.96. The van der Waals surface area contributed by atoms with E-state index in [1.807, 2.05) is 0 Å². The second-order valence-corrected chi connectivity index (χ2v) is 6.92. The highest BCUT2D eigenvalue weighted by atomic mass is 35.5. The van der Waals surface area contributed by atoms with Gasteiger partial charge in [0.15, 0.2) is 0 Å². The highest BCUT2D eigenvalue weighted by molar-refractivity contribution is 7.89. The van der Waals surface area contributed by atoms with Crippen molar-refractivity contribution >= 4 is 22.4 Å². The standard InChI is InChI=1S/C13H19FN2O2S.ClH/c1-10-6-7-16(11(8-10)9-15)19(17,18)13-5-3-2-4-12(13)14;/h2-5,10-11H,6-9,15H2,1H3;1H. The van der Waals surface area contributed by atoms with Crippen LogP contribution in [0, 0.1) is 11.7 Å². The summed E-state index contributed by atoms with van der Waals surface area (Å²) in [7, 11) is -3.80. The van der Waals surface area contributed by atoms with Crippen molar-refractivity contribution in [2.24, 2.45) is 11.7 Å². The SMILES string of the molecule is CC1CCN(S(=O)(=O)c2ccccc2F)C(CN)C1.Cl. The zero-order valence-electron chi connectivity index (χ0n) is 11.3. The Morgan fingerprint density at radius 1 is 1.40 bits per heavy atom. The van der Waals surface area contributed by atoms with Gasteiger partial charge < -0.3 is 5.73 Å². The van der Waals surface area contributed by atoms with E-state index in [0.29, 0.717) is 12.5 Å². The van der Waals surface area contributed by atoms with Crippen LogP contribution in [0.2, 0.25) is 0 Å². The smallest absolute Gasteiger partial charge is 0.246 e. The molecule has 1 saturated heterocycles. The first kappa shape index (κ1) is 17.4. The normalized spacial score (nSPS) is 24.1. The number of sulfonamides is 1. The summed E-state index contributed by atoms with van der Waals surface area (Å²) in [5.74, 6) is -0.266. The quantitative estimate of drug-likeness (QED) is 0.925. The topological polar surface area (TPSA) is 63.4 Å². The van der Waals surface area contributed by atoms with Crippen LogP contribution in [0.3, 0.4) is 0 Å². The van der Waals surface area contributed by atoms with Crippen LogP contribution in [0.25, 0.3) is 0 Å². The molecule has 1 heterocycles. The molecular weight excluding hydrogens is 303 g/mol. The summed E-state index contributed by atoms with van der Waals surface area (Å²) in [5, 5.41) is 0. The van der Waals surface area contributed by atoms with Gasteiger partial charge in [-0.15, -0.1) is 12.4 Å². The Bertz CT molecular complexity index is 553. The number of nitrogens with zero attached hydrogens (tertiary/aromatic N) is 1. The Morgan fingerprint density at radius 3 is 2.65 bits per heavy atom. The van der Waals surface area contributed by atoms with Gasteiger partial charge in [-0.05, 0) is 30.9 Å². The van der Waals surface area contributed by atoms with E-state index in [9.17, 15) is 12.8 Å². The van der Waals surface area contributed by atoms with Crippen LogP contribution in [-0.2, 0) is 10.0 Å². The zero-order chi connectivity index (χ0) is 14.0. The molecule has 1 aliphatic rings. The van der Waals surface area contributed by atoms with Crippen molar-refractivity contribution in [1.82, 2.24) is 4.31 Å². The molecule has 2 unspecified atom stereocenters. The first-order valence-corrected chi connectivity index (χ1v) is 7.87. The van der Waals surface area contributed by atoms with Gasteiger partial charge in [0, 0.05) is 19.1 Å². The van der Waals surface area contributed by atoms with E-state index in [1.54, 1.807) is 0 Å². The van der Waals surface area contributed by atoms with Crippen LogP contribution in [0.15, 0.2) is 29.2 Å². The molecular formula is C13H20ClFN2O2S. The third-order valence-electron chi connectivity index (χ3n) is 3.62. The van der Waals surface area contributed by atoms with Crippen LogP contribution in [0.5, 0.6) is 0 Å². The van der Waals surface area contributed by atoms with Crippen LogP contribution < -0.4 is 5.73 Å². The lowest BCUT2D eigenvalue weighted by atomic mass is 9.94. The van der Waals surface area contributed by atoms with Gasteiger partial charge >= 0.3 is 0 Å². The first-order valence-electron chi connectivity index (χ1n) is 6.43. The Kier molecular flexibility index (Phi) is 5.94. The largest absolute Gasteiger partial charge is 0.329 e. The molecule has 1 aromatic carbocycles. The lowest BCUT2D eigenvalue weighted by molar-refractivity contribution is 0.210. The molecule has 0 bridgehead atoms. The summed E-state index contributed by atoms with van der Waals surface area (Å²) in [6.07, 6.45) is 1.51. The van der Waals surface area contributed by atoms with Crippen LogP contribution in [0.1, 0.15) is 19.8 Å².